The van der Waals surface area contributed by atoms with E-state index in [1.807, 2.05) is 6.07 Å². The molecule has 2 heterocycles. The SMILES string of the molecule is CC1OCCC1CNCC1COc2ccccc21. The molecular formula is C15H21NO2. The number of fused-ring (bicyclic) bond motifs is 1. The summed E-state index contributed by atoms with van der Waals surface area (Å²) in [7, 11) is 0. The van der Waals surface area contributed by atoms with Gasteiger partial charge < -0.3 is 14.8 Å². The van der Waals surface area contributed by atoms with E-state index in [1.165, 1.54) is 12.0 Å². The van der Waals surface area contributed by atoms with Gasteiger partial charge in [-0.25, -0.2) is 0 Å². The quantitative estimate of drug-likeness (QED) is 0.884. The lowest BCUT2D eigenvalue weighted by Crippen LogP contribution is -2.30. The Balaban J connectivity index is 1.50. The number of para-hydroxylation sites is 1. The van der Waals surface area contributed by atoms with Crippen LogP contribution >= 0.6 is 0 Å². The fourth-order valence-corrected chi connectivity index (χ4v) is 2.89. The van der Waals surface area contributed by atoms with Gasteiger partial charge >= 0.3 is 0 Å². The fourth-order valence-electron chi connectivity index (χ4n) is 2.89. The third-order valence-electron chi connectivity index (χ3n) is 4.13. The van der Waals surface area contributed by atoms with Crippen molar-refractivity contribution in [1.29, 1.82) is 0 Å². The lowest BCUT2D eigenvalue weighted by atomic mass is 10.00. The van der Waals surface area contributed by atoms with Gasteiger partial charge in [0.1, 0.15) is 5.75 Å². The van der Waals surface area contributed by atoms with Crippen LogP contribution in [0, 0.1) is 5.92 Å². The summed E-state index contributed by atoms with van der Waals surface area (Å²) >= 11 is 0. The van der Waals surface area contributed by atoms with Crippen molar-refractivity contribution in [2.75, 3.05) is 26.3 Å². The van der Waals surface area contributed by atoms with Crippen LogP contribution in [0.15, 0.2) is 24.3 Å². The van der Waals surface area contributed by atoms with Crippen molar-refractivity contribution in [2.45, 2.75) is 25.4 Å². The standard InChI is InChI=1S/C15H21NO2/c1-11-12(6-7-17-11)8-16-9-13-10-18-15-5-3-2-4-14(13)15/h2-5,11-13,16H,6-10H2,1H3. The van der Waals surface area contributed by atoms with Crippen LogP contribution in [0.2, 0.25) is 0 Å². The molecule has 3 atom stereocenters. The molecule has 2 aliphatic rings. The molecule has 1 N–H and O–H groups in total. The zero-order valence-electron chi connectivity index (χ0n) is 10.9. The Bertz CT molecular complexity index is 407. The Kier molecular flexibility index (Phi) is 3.52. The summed E-state index contributed by atoms with van der Waals surface area (Å²) in [5.41, 5.74) is 1.35. The van der Waals surface area contributed by atoms with Gasteiger partial charge in [-0.1, -0.05) is 18.2 Å². The molecule has 1 aromatic rings. The molecule has 18 heavy (non-hydrogen) atoms. The highest BCUT2D eigenvalue weighted by molar-refractivity contribution is 5.39. The van der Waals surface area contributed by atoms with Gasteiger partial charge in [0.25, 0.3) is 0 Å². The van der Waals surface area contributed by atoms with Crippen LogP contribution < -0.4 is 10.1 Å². The number of rotatable bonds is 4. The summed E-state index contributed by atoms with van der Waals surface area (Å²) in [5.74, 6) is 2.23. The van der Waals surface area contributed by atoms with Crippen molar-refractivity contribution in [3.8, 4) is 5.75 Å². The first kappa shape index (κ1) is 12.0. The van der Waals surface area contributed by atoms with Gasteiger partial charge in [-0.05, 0) is 25.3 Å². The van der Waals surface area contributed by atoms with Crippen molar-refractivity contribution in [3.63, 3.8) is 0 Å². The monoisotopic (exact) mass is 247 g/mol. The topological polar surface area (TPSA) is 30.5 Å². The molecule has 0 aliphatic carbocycles. The van der Waals surface area contributed by atoms with Crippen molar-refractivity contribution in [3.05, 3.63) is 29.8 Å². The molecule has 2 aliphatic heterocycles. The van der Waals surface area contributed by atoms with E-state index in [9.17, 15) is 0 Å². The molecule has 0 spiro atoms. The molecular weight excluding hydrogens is 226 g/mol. The van der Waals surface area contributed by atoms with Gasteiger partial charge in [0.05, 0.1) is 12.7 Å². The van der Waals surface area contributed by atoms with Crippen LogP contribution in [0.5, 0.6) is 5.75 Å². The first-order chi connectivity index (χ1) is 8.84. The van der Waals surface area contributed by atoms with Crippen molar-refractivity contribution < 1.29 is 9.47 Å². The Morgan fingerprint density at radius 2 is 2.17 bits per heavy atom. The van der Waals surface area contributed by atoms with E-state index in [2.05, 4.69) is 30.4 Å². The predicted octanol–water partition coefficient (Wildman–Crippen LogP) is 2.18. The third-order valence-corrected chi connectivity index (χ3v) is 4.13. The zero-order chi connectivity index (χ0) is 12.4. The number of hydrogen-bond acceptors (Lipinski definition) is 3. The molecule has 1 saturated heterocycles. The highest BCUT2D eigenvalue weighted by atomic mass is 16.5. The highest BCUT2D eigenvalue weighted by Gasteiger charge is 2.26. The second kappa shape index (κ2) is 5.29. The number of ether oxygens (including phenoxy) is 2. The number of benzene rings is 1. The Morgan fingerprint density at radius 1 is 1.28 bits per heavy atom. The molecule has 0 aromatic heterocycles. The molecule has 0 radical (unpaired) electrons. The van der Waals surface area contributed by atoms with E-state index < -0.39 is 0 Å². The highest BCUT2D eigenvalue weighted by Crippen LogP contribution is 2.32. The van der Waals surface area contributed by atoms with Gasteiger partial charge in [0.2, 0.25) is 0 Å². The Morgan fingerprint density at radius 3 is 3.00 bits per heavy atom. The minimum Gasteiger partial charge on any atom is -0.493 e. The van der Waals surface area contributed by atoms with Crippen LogP contribution in [-0.2, 0) is 4.74 Å². The molecule has 3 rings (SSSR count). The minimum atomic E-state index is 0.407. The van der Waals surface area contributed by atoms with Gasteiger partial charge in [0.15, 0.2) is 0 Å². The van der Waals surface area contributed by atoms with Gasteiger partial charge in [0, 0.05) is 31.2 Å². The van der Waals surface area contributed by atoms with E-state index in [1.54, 1.807) is 0 Å². The van der Waals surface area contributed by atoms with E-state index in [-0.39, 0.29) is 0 Å². The summed E-state index contributed by atoms with van der Waals surface area (Å²) in [6.07, 6.45) is 1.59. The molecule has 3 unspecified atom stereocenters. The molecule has 3 heteroatoms. The first-order valence-corrected chi connectivity index (χ1v) is 6.88. The molecule has 1 aromatic carbocycles. The third kappa shape index (κ3) is 2.38. The van der Waals surface area contributed by atoms with Gasteiger partial charge in [-0.2, -0.15) is 0 Å². The Labute approximate surface area is 108 Å². The van der Waals surface area contributed by atoms with Crippen molar-refractivity contribution in [1.82, 2.24) is 5.32 Å². The van der Waals surface area contributed by atoms with Crippen LogP contribution in [0.3, 0.4) is 0 Å². The molecule has 3 nitrogen and oxygen atoms in total. The maximum Gasteiger partial charge on any atom is 0.122 e. The summed E-state index contributed by atoms with van der Waals surface area (Å²) in [6, 6.07) is 8.36. The Hall–Kier alpha value is -1.06. The minimum absolute atomic E-state index is 0.407. The second-order valence-electron chi connectivity index (χ2n) is 5.33. The summed E-state index contributed by atoms with van der Waals surface area (Å²) in [6.45, 7) is 5.96. The van der Waals surface area contributed by atoms with E-state index in [4.69, 9.17) is 9.47 Å². The number of nitrogens with one attached hydrogen (secondary N) is 1. The maximum atomic E-state index is 5.69. The summed E-state index contributed by atoms with van der Waals surface area (Å²) in [5, 5.41) is 3.58. The van der Waals surface area contributed by atoms with E-state index in [0.717, 1.165) is 32.1 Å². The smallest absolute Gasteiger partial charge is 0.122 e. The molecule has 98 valence electrons. The maximum absolute atomic E-state index is 5.69. The lowest BCUT2D eigenvalue weighted by molar-refractivity contribution is 0.105. The average Bonchev–Trinajstić information content (AvgIpc) is 2.97. The second-order valence-corrected chi connectivity index (χ2v) is 5.33. The lowest BCUT2D eigenvalue weighted by Gasteiger charge is -2.16. The first-order valence-electron chi connectivity index (χ1n) is 6.88. The van der Waals surface area contributed by atoms with Crippen LogP contribution in [0.25, 0.3) is 0 Å². The predicted molar refractivity (Wildman–Crippen MR) is 71.1 cm³/mol. The number of hydrogen-bond donors (Lipinski definition) is 1. The van der Waals surface area contributed by atoms with Gasteiger partial charge in [-0.15, -0.1) is 0 Å². The molecule has 0 bridgehead atoms. The largest absolute Gasteiger partial charge is 0.493 e. The van der Waals surface area contributed by atoms with E-state index >= 15 is 0 Å². The average molecular weight is 247 g/mol. The van der Waals surface area contributed by atoms with Crippen molar-refractivity contribution >= 4 is 0 Å². The van der Waals surface area contributed by atoms with Gasteiger partial charge in [-0.3, -0.25) is 0 Å². The normalized spacial score (nSPS) is 30.2. The summed E-state index contributed by atoms with van der Waals surface area (Å²) in [4.78, 5) is 0. The summed E-state index contributed by atoms with van der Waals surface area (Å²) < 4.78 is 11.3. The molecule has 1 fully saturated rings. The molecule has 0 amide bonds. The van der Waals surface area contributed by atoms with Crippen molar-refractivity contribution in [2.24, 2.45) is 5.92 Å². The fraction of sp³-hybridized carbons (Fsp3) is 0.600. The zero-order valence-corrected chi connectivity index (χ0v) is 10.9. The van der Waals surface area contributed by atoms with E-state index in [0.29, 0.717) is 17.9 Å². The van der Waals surface area contributed by atoms with Crippen LogP contribution in [0.1, 0.15) is 24.8 Å². The molecule has 0 saturated carbocycles. The van der Waals surface area contributed by atoms with Crippen LogP contribution in [0.4, 0.5) is 0 Å². The van der Waals surface area contributed by atoms with Crippen LogP contribution in [-0.4, -0.2) is 32.4 Å².